The average Bonchev–Trinajstić information content (AvgIpc) is 2.44. The van der Waals surface area contributed by atoms with Crippen LogP contribution >= 0.6 is 0 Å². The number of ketones is 1. The van der Waals surface area contributed by atoms with Gasteiger partial charge in [0.15, 0.2) is 5.78 Å². The van der Waals surface area contributed by atoms with Gasteiger partial charge in [-0.25, -0.2) is 0 Å². The maximum absolute atomic E-state index is 11.5. The molecule has 1 aromatic rings. The monoisotopic (exact) mass is 279 g/mol. The van der Waals surface area contributed by atoms with Gasteiger partial charge in [0.05, 0.1) is 13.7 Å². The van der Waals surface area contributed by atoms with E-state index in [-0.39, 0.29) is 12.4 Å². The second-order valence-electron chi connectivity index (χ2n) is 4.94. The Morgan fingerprint density at radius 2 is 2.10 bits per heavy atom. The van der Waals surface area contributed by atoms with Crippen LogP contribution in [0, 0.1) is 0 Å². The molecule has 112 valence electrons. The minimum absolute atomic E-state index is 0.0520. The fraction of sp³-hybridized carbons (Fsp3) is 0.562. The Bertz CT molecular complexity index is 432. The van der Waals surface area contributed by atoms with Gasteiger partial charge in [-0.1, -0.05) is 13.3 Å². The molecule has 1 rings (SSSR count). The number of hydrogen-bond donors (Lipinski definition) is 1. The summed E-state index contributed by atoms with van der Waals surface area (Å²) in [5, 5.41) is 9.16. The smallest absolute Gasteiger partial charge is 0.159 e. The summed E-state index contributed by atoms with van der Waals surface area (Å²) in [5.41, 5.74) is 1.69. The van der Waals surface area contributed by atoms with Crippen molar-refractivity contribution in [1.29, 1.82) is 0 Å². The van der Waals surface area contributed by atoms with Gasteiger partial charge in [-0.05, 0) is 38.1 Å². The third-order valence-electron chi connectivity index (χ3n) is 3.33. The number of benzene rings is 1. The fourth-order valence-corrected chi connectivity index (χ4v) is 2.16. The van der Waals surface area contributed by atoms with Crippen molar-refractivity contribution >= 4 is 5.78 Å². The molecule has 0 aliphatic carbocycles. The third-order valence-corrected chi connectivity index (χ3v) is 3.33. The van der Waals surface area contributed by atoms with Gasteiger partial charge >= 0.3 is 0 Å². The first kappa shape index (κ1) is 16.7. The molecule has 0 bridgehead atoms. The normalized spacial score (nSPS) is 10.8. The maximum Gasteiger partial charge on any atom is 0.159 e. The van der Waals surface area contributed by atoms with Crippen molar-refractivity contribution in [2.45, 2.75) is 33.2 Å². The highest BCUT2D eigenvalue weighted by Gasteiger charge is 2.11. The minimum Gasteiger partial charge on any atom is -0.496 e. The van der Waals surface area contributed by atoms with E-state index in [1.54, 1.807) is 20.1 Å². The van der Waals surface area contributed by atoms with Gasteiger partial charge in [0.2, 0.25) is 0 Å². The van der Waals surface area contributed by atoms with Crippen molar-refractivity contribution in [3.63, 3.8) is 0 Å². The molecule has 0 saturated carbocycles. The molecule has 0 radical (unpaired) electrons. The minimum atomic E-state index is 0.0520. The molecule has 1 aromatic carbocycles. The number of methoxy groups -OCH3 is 1. The molecule has 20 heavy (non-hydrogen) atoms. The summed E-state index contributed by atoms with van der Waals surface area (Å²) in [7, 11) is 1.63. The SMILES string of the molecule is CCCCN(CCO)Cc1cc(C(C)=O)ccc1OC. The summed E-state index contributed by atoms with van der Waals surface area (Å²) in [6.07, 6.45) is 2.21. The standard InChI is InChI=1S/C16H25NO3/c1-4-5-8-17(9-10-18)12-15-11-14(13(2)19)6-7-16(15)20-3/h6-7,11,18H,4-5,8-10,12H2,1-3H3. The first-order chi connectivity index (χ1) is 9.62. The van der Waals surface area contributed by atoms with Gasteiger partial charge < -0.3 is 9.84 Å². The number of ether oxygens (including phenoxy) is 1. The van der Waals surface area contributed by atoms with Crippen LogP contribution < -0.4 is 4.74 Å². The second-order valence-corrected chi connectivity index (χ2v) is 4.94. The molecule has 0 saturated heterocycles. The lowest BCUT2D eigenvalue weighted by Gasteiger charge is -2.22. The highest BCUT2D eigenvalue weighted by atomic mass is 16.5. The van der Waals surface area contributed by atoms with E-state index in [0.717, 1.165) is 30.7 Å². The summed E-state index contributed by atoms with van der Waals surface area (Å²) in [6, 6.07) is 5.51. The average molecular weight is 279 g/mol. The predicted octanol–water partition coefficient (Wildman–Crippen LogP) is 2.49. The number of rotatable bonds is 9. The summed E-state index contributed by atoms with van der Waals surface area (Å²) in [6.45, 7) is 6.10. The van der Waals surface area contributed by atoms with Crippen molar-refractivity contribution < 1.29 is 14.6 Å². The van der Waals surface area contributed by atoms with Crippen molar-refractivity contribution in [3.8, 4) is 5.75 Å². The maximum atomic E-state index is 11.5. The lowest BCUT2D eigenvalue weighted by atomic mass is 10.1. The lowest BCUT2D eigenvalue weighted by Crippen LogP contribution is -2.27. The third kappa shape index (κ3) is 4.94. The zero-order valence-electron chi connectivity index (χ0n) is 12.7. The van der Waals surface area contributed by atoms with Crippen molar-refractivity contribution in [2.24, 2.45) is 0 Å². The molecule has 0 spiro atoms. The first-order valence-electron chi connectivity index (χ1n) is 7.13. The highest BCUT2D eigenvalue weighted by molar-refractivity contribution is 5.94. The molecular weight excluding hydrogens is 254 g/mol. The number of unbranched alkanes of at least 4 members (excludes halogenated alkanes) is 1. The Hall–Kier alpha value is -1.39. The molecule has 4 heteroatoms. The van der Waals surface area contributed by atoms with Crippen LogP contribution in [0.4, 0.5) is 0 Å². The fourth-order valence-electron chi connectivity index (χ4n) is 2.16. The Morgan fingerprint density at radius 1 is 1.35 bits per heavy atom. The number of carbonyl (C=O) groups is 1. The van der Waals surface area contributed by atoms with Gasteiger partial charge in [-0.15, -0.1) is 0 Å². The number of aliphatic hydroxyl groups is 1. The van der Waals surface area contributed by atoms with Crippen molar-refractivity contribution in [3.05, 3.63) is 29.3 Å². The molecule has 0 aromatic heterocycles. The quantitative estimate of drug-likeness (QED) is 0.706. The Kier molecular flexibility index (Phi) is 7.26. The zero-order valence-corrected chi connectivity index (χ0v) is 12.7. The number of carbonyl (C=O) groups excluding carboxylic acids is 1. The van der Waals surface area contributed by atoms with Crippen LogP contribution in [0.15, 0.2) is 18.2 Å². The van der Waals surface area contributed by atoms with E-state index in [1.807, 2.05) is 12.1 Å². The summed E-state index contributed by atoms with van der Waals surface area (Å²) in [5.74, 6) is 0.839. The Morgan fingerprint density at radius 3 is 2.65 bits per heavy atom. The van der Waals surface area contributed by atoms with Crippen molar-refractivity contribution in [1.82, 2.24) is 4.90 Å². The molecule has 0 fully saturated rings. The molecular formula is C16H25NO3. The van der Waals surface area contributed by atoms with E-state index < -0.39 is 0 Å². The molecule has 4 nitrogen and oxygen atoms in total. The number of nitrogens with zero attached hydrogens (tertiary/aromatic N) is 1. The van der Waals surface area contributed by atoms with Crippen LogP contribution in [0.25, 0.3) is 0 Å². The van der Waals surface area contributed by atoms with Crippen LogP contribution in [0.3, 0.4) is 0 Å². The molecule has 0 amide bonds. The summed E-state index contributed by atoms with van der Waals surface area (Å²) >= 11 is 0. The zero-order chi connectivity index (χ0) is 15.0. The van der Waals surface area contributed by atoms with Gasteiger partial charge in [0.1, 0.15) is 5.75 Å². The summed E-state index contributed by atoms with van der Waals surface area (Å²) in [4.78, 5) is 13.7. The summed E-state index contributed by atoms with van der Waals surface area (Å²) < 4.78 is 5.36. The van der Waals surface area contributed by atoms with E-state index >= 15 is 0 Å². The molecule has 0 aliphatic rings. The van der Waals surface area contributed by atoms with E-state index in [1.165, 1.54) is 0 Å². The first-order valence-corrected chi connectivity index (χ1v) is 7.13. The molecule has 0 unspecified atom stereocenters. The van der Waals surface area contributed by atoms with Gasteiger partial charge in [-0.3, -0.25) is 9.69 Å². The number of aliphatic hydroxyl groups excluding tert-OH is 1. The topological polar surface area (TPSA) is 49.8 Å². The van der Waals surface area contributed by atoms with Crippen LogP contribution in [-0.4, -0.2) is 42.6 Å². The van der Waals surface area contributed by atoms with E-state index in [9.17, 15) is 4.79 Å². The Balaban J connectivity index is 2.90. The predicted molar refractivity (Wildman–Crippen MR) is 80.3 cm³/mol. The van der Waals surface area contributed by atoms with E-state index in [4.69, 9.17) is 9.84 Å². The van der Waals surface area contributed by atoms with Gasteiger partial charge in [-0.2, -0.15) is 0 Å². The van der Waals surface area contributed by atoms with Gasteiger partial charge in [0.25, 0.3) is 0 Å². The molecule has 0 atom stereocenters. The lowest BCUT2D eigenvalue weighted by molar-refractivity contribution is 0.101. The van der Waals surface area contributed by atoms with Crippen molar-refractivity contribution in [2.75, 3.05) is 26.8 Å². The van der Waals surface area contributed by atoms with Crippen LogP contribution in [-0.2, 0) is 6.54 Å². The number of hydrogen-bond acceptors (Lipinski definition) is 4. The van der Waals surface area contributed by atoms with Crippen LogP contribution in [0.5, 0.6) is 5.75 Å². The number of Topliss-reactive ketones (excluding diaryl/α,β-unsaturated/α-hetero) is 1. The molecule has 0 aliphatic heterocycles. The van der Waals surface area contributed by atoms with Crippen LogP contribution in [0.2, 0.25) is 0 Å². The molecule has 1 N–H and O–H groups in total. The van der Waals surface area contributed by atoms with Crippen LogP contribution in [0.1, 0.15) is 42.6 Å². The highest BCUT2D eigenvalue weighted by Crippen LogP contribution is 2.22. The second kappa shape index (κ2) is 8.72. The van der Waals surface area contributed by atoms with Gasteiger partial charge in [0, 0.05) is 24.2 Å². The molecule has 0 heterocycles. The Labute approximate surface area is 121 Å². The van der Waals surface area contributed by atoms with E-state index in [0.29, 0.717) is 18.7 Å². The van der Waals surface area contributed by atoms with E-state index in [2.05, 4.69) is 11.8 Å². The largest absolute Gasteiger partial charge is 0.496 e.